The minimum Gasteiger partial charge on any atom is -0.476 e. The second-order valence-corrected chi connectivity index (χ2v) is 3.65. The third-order valence-electron chi connectivity index (χ3n) is 2.29. The Morgan fingerprint density at radius 1 is 1.53 bits per heavy atom. The molecule has 2 heterocycles. The quantitative estimate of drug-likeness (QED) is 0.722. The van der Waals surface area contributed by atoms with E-state index in [1.54, 1.807) is 0 Å². The third kappa shape index (κ3) is 2.21. The van der Waals surface area contributed by atoms with Crippen LogP contribution in [0.25, 0.3) is 0 Å². The van der Waals surface area contributed by atoms with Crippen LogP contribution < -0.4 is 5.32 Å². The largest absolute Gasteiger partial charge is 0.476 e. The summed E-state index contributed by atoms with van der Waals surface area (Å²) < 4.78 is 0. The number of aromatic nitrogens is 2. The summed E-state index contributed by atoms with van der Waals surface area (Å²) in [7, 11) is 2.04. The minimum absolute atomic E-state index is 0.0359. The van der Waals surface area contributed by atoms with Gasteiger partial charge in [-0.25, -0.2) is 14.8 Å². The van der Waals surface area contributed by atoms with Crippen LogP contribution >= 0.6 is 0 Å². The van der Waals surface area contributed by atoms with Gasteiger partial charge in [0.2, 0.25) is 0 Å². The summed E-state index contributed by atoms with van der Waals surface area (Å²) in [6.45, 7) is 1.95. The molecule has 0 amide bonds. The smallest absolute Gasteiger partial charge is 0.356 e. The Kier molecular flexibility index (Phi) is 2.51. The van der Waals surface area contributed by atoms with E-state index in [-0.39, 0.29) is 5.69 Å². The predicted molar refractivity (Wildman–Crippen MR) is 53.9 cm³/mol. The van der Waals surface area contributed by atoms with Crippen LogP contribution in [0.1, 0.15) is 10.5 Å². The first-order valence-electron chi connectivity index (χ1n) is 4.65. The van der Waals surface area contributed by atoms with E-state index in [0.717, 1.165) is 13.1 Å². The number of likely N-dealkylation sites (N-methyl/N-ethyl adjacent to an activating group) is 1. The Balaban J connectivity index is 1.95. The molecule has 0 bridgehead atoms. The number of hydrogen-bond acceptors (Lipinski definition) is 5. The predicted octanol–water partition coefficient (Wildman–Crippen LogP) is -0.0993. The molecule has 0 unspecified atom stereocenters. The van der Waals surface area contributed by atoms with Crippen LogP contribution in [0.3, 0.4) is 0 Å². The highest BCUT2D eigenvalue weighted by molar-refractivity contribution is 5.84. The van der Waals surface area contributed by atoms with Crippen molar-refractivity contribution >= 4 is 11.8 Å². The lowest BCUT2D eigenvalue weighted by Gasteiger charge is -2.36. The van der Waals surface area contributed by atoms with Gasteiger partial charge in [-0.15, -0.1) is 0 Å². The molecule has 2 N–H and O–H groups in total. The van der Waals surface area contributed by atoms with E-state index in [9.17, 15) is 4.79 Å². The van der Waals surface area contributed by atoms with E-state index in [2.05, 4.69) is 20.2 Å². The maximum Gasteiger partial charge on any atom is 0.356 e. The standard InChI is InChI=1S/C9H12N4O2/c1-13-4-6(5-13)12-8-3-10-7(2-11-8)9(14)15/h2-3,6H,4-5H2,1H3,(H,11,12)(H,14,15). The Hall–Kier alpha value is -1.69. The number of aromatic carboxylic acids is 1. The topological polar surface area (TPSA) is 78.4 Å². The van der Waals surface area contributed by atoms with E-state index in [1.807, 2.05) is 7.05 Å². The van der Waals surface area contributed by atoms with Crippen LogP contribution in [0.5, 0.6) is 0 Å². The van der Waals surface area contributed by atoms with Crippen molar-refractivity contribution in [3.8, 4) is 0 Å². The fourth-order valence-corrected chi connectivity index (χ4v) is 1.51. The summed E-state index contributed by atoms with van der Waals surface area (Å²) in [6, 6.07) is 0.389. The molecule has 1 aromatic heterocycles. The van der Waals surface area contributed by atoms with Gasteiger partial charge < -0.3 is 15.3 Å². The molecule has 0 saturated carbocycles. The molecule has 1 aromatic rings. The van der Waals surface area contributed by atoms with Crippen molar-refractivity contribution < 1.29 is 9.90 Å². The molecule has 15 heavy (non-hydrogen) atoms. The monoisotopic (exact) mass is 208 g/mol. The van der Waals surface area contributed by atoms with Crippen LogP contribution in [0.4, 0.5) is 5.82 Å². The van der Waals surface area contributed by atoms with Gasteiger partial charge >= 0.3 is 5.97 Å². The van der Waals surface area contributed by atoms with Crippen LogP contribution in [-0.2, 0) is 0 Å². The first kappa shape index (κ1) is 9.85. The first-order chi connectivity index (χ1) is 7.15. The molecule has 0 aliphatic carbocycles. The zero-order chi connectivity index (χ0) is 10.8. The molecule has 0 radical (unpaired) electrons. The summed E-state index contributed by atoms with van der Waals surface area (Å²) >= 11 is 0. The molecule has 1 aliphatic heterocycles. The zero-order valence-corrected chi connectivity index (χ0v) is 8.34. The lowest BCUT2D eigenvalue weighted by Crippen LogP contribution is -2.52. The highest BCUT2D eigenvalue weighted by Gasteiger charge is 2.23. The molecular formula is C9H12N4O2. The van der Waals surface area contributed by atoms with Crippen molar-refractivity contribution in [3.05, 3.63) is 18.1 Å². The van der Waals surface area contributed by atoms with Gasteiger partial charge in [-0.05, 0) is 7.05 Å². The average molecular weight is 208 g/mol. The third-order valence-corrected chi connectivity index (χ3v) is 2.29. The Morgan fingerprint density at radius 3 is 2.73 bits per heavy atom. The number of carboxylic acid groups (broad SMARTS) is 1. The van der Waals surface area contributed by atoms with Gasteiger partial charge in [0.1, 0.15) is 5.82 Å². The lowest BCUT2D eigenvalue weighted by atomic mass is 10.1. The summed E-state index contributed by atoms with van der Waals surface area (Å²) in [4.78, 5) is 20.4. The fourth-order valence-electron chi connectivity index (χ4n) is 1.51. The number of anilines is 1. The van der Waals surface area contributed by atoms with Crippen LogP contribution in [0.15, 0.2) is 12.4 Å². The Labute approximate surface area is 87.0 Å². The molecule has 6 heteroatoms. The second-order valence-electron chi connectivity index (χ2n) is 3.65. The SMILES string of the molecule is CN1CC(Nc2cnc(C(=O)O)cn2)C1. The number of carboxylic acids is 1. The van der Waals surface area contributed by atoms with E-state index in [1.165, 1.54) is 12.4 Å². The molecule has 1 saturated heterocycles. The highest BCUT2D eigenvalue weighted by Crippen LogP contribution is 2.10. The molecule has 80 valence electrons. The van der Waals surface area contributed by atoms with Crippen molar-refractivity contribution in [1.29, 1.82) is 0 Å². The molecule has 0 spiro atoms. The molecule has 6 nitrogen and oxygen atoms in total. The maximum atomic E-state index is 10.5. The van der Waals surface area contributed by atoms with Gasteiger partial charge in [-0.2, -0.15) is 0 Å². The number of carbonyl (C=O) groups is 1. The van der Waals surface area contributed by atoms with Crippen molar-refractivity contribution in [2.24, 2.45) is 0 Å². The Bertz CT molecular complexity index is 359. The van der Waals surface area contributed by atoms with Gasteiger partial charge in [-0.3, -0.25) is 0 Å². The normalized spacial score (nSPS) is 17.1. The lowest BCUT2D eigenvalue weighted by molar-refractivity contribution is 0.0690. The van der Waals surface area contributed by atoms with Crippen molar-refractivity contribution in [2.75, 3.05) is 25.5 Å². The number of hydrogen-bond donors (Lipinski definition) is 2. The van der Waals surface area contributed by atoms with Crippen LogP contribution in [0, 0.1) is 0 Å². The number of nitrogens with zero attached hydrogens (tertiary/aromatic N) is 3. The highest BCUT2D eigenvalue weighted by atomic mass is 16.4. The molecule has 1 aliphatic rings. The van der Waals surface area contributed by atoms with E-state index in [0.29, 0.717) is 11.9 Å². The van der Waals surface area contributed by atoms with Gasteiger partial charge in [0.25, 0.3) is 0 Å². The van der Waals surface area contributed by atoms with Crippen molar-refractivity contribution in [1.82, 2.24) is 14.9 Å². The summed E-state index contributed by atoms with van der Waals surface area (Å²) in [5.74, 6) is -0.435. The van der Waals surface area contributed by atoms with E-state index >= 15 is 0 Å². The summed E-state index contributed by atoms with van der Waals surface area (Å²) in [5.41, 5.74) is -0.0359. The molecule has 2 rings (SSSR count). The maximum absolute atomic E-state index is 10.5. The van der Waals surface area contributed by atoms with Crippen molar-refractivity contribution in [2.45, 2.75) is 6.04 Å². The van der Waals surface area contributed by atoms with Crippen molar-refractivity contribution in [3.63, 3.8) is 0 Å². The van der Waals surface area contributed by atoms with Crippen LogP contribution in [0.2, 0.25) is 0 Å². The molecule has 1 fully saturated rings. The summed E-state index contributed by atoms with van der Waals surface area (Å²) in [5, 5.41) is 11.8. The van der Waals surface area contributed by atoms with Gasteiger partial charge in [0.05, 0.1) is 18.4 Å². The molecule has 0 aromatic carbocycles. The van der Waals surface area contributed by atoms with Crippen LogP contribution in [-0.4, -0.2) is 52.1 Å². The van der Waals surface area contributed by atoms with Gasteiger partial charge in [0, 0.05) is 13.1 Å². The first-order valence-corrected chi connectivity index (χ1v) is 4.65. The Morgan fingerprint density at radius 2 is 2.27 bits per heavy atom. The van der Waals surface area contributed by atoms with Gasteiger partial charge in [-0.1, -0.05) is 0 Å². The average Bonchev–Trinajstić information content (AvgIpc) is 2.16. The number of rotatable bonds is 3. The van der Waals surface area contributed by atoms with Gasteiger partial charge in [0.15, 0.2) is 5.69 Å². The number of nitrogens with one attached hydrogen (secondary N) is 1. The molecule has 0 atom stereocenters. The van der Waals surface area contributed by atoms with E-state index < -0.39 is 5.97 Å². The van der Waals surface area contributed by atoms with E-state index in [4.69, 9.17) is 5.11 Å². The summed E-state index contributed by atoms with van der Waals surface area (Å²) in [6.07, 6.45) is 2.70. The zero-order valence-electron chi connectivity index (χ0n) is 8.34. The molecular weight excluding hydrogens is 196 g/mol. The fraction of sp³-hybridized carbons (Fsp3) is 0.444. The second kappa shape index (κ2) is 3.82. The number of likely N-dealkylation sites (tertiary alicyclic amines) is 1. The minimum atomic E-state index is -1.06.